The highest BCUT2D eigenvalue weighted by molar-refractivity contribution is 7.89. The molecular formula is C18H20ClNO3S. The van der Waals surface area contributed by atoms with Crippen LogP contribution >= 0.6 is 11.6 Å². The van der Waals surface area contributed by atoms with Gasteiger partial charge in [-0.05, 0) is 36.8 Å². The first-order chi connectivity index (χ1) is 11.4. The SMILES string of the molecule is Cc1ccc(S(=O)(=O)N(C/C=C\CO)Cc2ccc(Cl)cc2)cc1. The maximum Gasteiger partial charge on any atom is 0.243 e. The Balaban J connectivity index is 2.31. The molecule has 2 aromatic rings. The van der Waals surface area contributed by atoms with Gasteiger partial charge in [0.15, 0.2) is 0 Å². The maximum absolute atomic E-state index is 12.9. The Morgan fingerprint density at radius 2 is 1.67 bits per heavy atom. The molecule has 2 rings (SSSR count). The van der Waals surface area contributed by atoms with Gasteiger partial charge in [-0.3, -0.25) is 0 Å². The fraction of sp³-hybridized carbons (Fsp3) is 0.222. The Bertz CT molecular complexity index is 784. The molecule has 0 saturated carbocycles. The Hall–Kier alpha value is -1.66. The molecule has 0 aliphatic rings. The van der Waals surface area contributed by atoms with Crippen molar-refractivity contribution in [2.24, 2.45) is 0 Å². The molecule has 0 fully saturated rings. The van der Waals surface area contributed by atoms with Gasteiger partial charge in [-0.25, -0.2) is 8.42 Å². The zero-order chi connectivity index (χ0) is 17.6. The van der Waals surface area contributed by atoms with Gasteiger partial charge in [0, 0.05) is 18.1 Å². The van der Waals surface area contributed by atoms with Crippen LogP contribution in [0.5, 0.6) is 0 Å². The molecule has 0 aromatic heterocycles. The molecule has 0 bridgehead atoms. The molecule has 0 radical (unpaired) electrons. The molecule has 0 amide bonds. The van der Waals surface area contributed by atoms with Gasteiger partial charge in [-0.2, -0.15) is 4.31 Å². The van der Waals surface area contributed by atoms with E-state index in [1.807, 2.05) is 6.92 Å². The van der Waals surface area contributed by atoms with Crippen molar-refractivity contribution in [2.75, 3.05) is 13.2 Å². The summed E-state index contributed by atoms with van der Waals surface area (Å²) >= 11 is 5.88. The molecular weight excluding hydrogens is 346 g/mol. The summed E-state index contributed by atoms with van der Waals surface area (Å²) < 4.78 is 27.2. The van der Waals surface area contributed by atoms with E-state index >= 15 is 0 Å². The highest BCUT2D eigenvalue weighted by Gasteiger charge is 2.23. The molecule has 0 aliphatic heterocycles. The van der Waals surface area contributed by atoms with Crippen molar-refractivity contribution in [3.8, 4) is 0 Å². The number of benzene rings is 2. The molecule has 24 heavy (non-hydrogen) atoms. The van der Waals surface area contributed by atoms with E-state index in [0.29, 0.717) is 5.02 Å². The van der Waals surface area contributed by atoms with E-state index in [-0.39, 0.29) is 24.6 Å². The van der Waals surface area contributed by atoms with Crippen molar-refractivity contribution in [1.82, 2.24) is 4.31 Å². The quantitative estimate of drug-likeness (QED) is 0.765. The predicted molar refractivity (Wildman–Crippen MR) is 96.5 cm³/mol. The predicted octanol–water partition coefficient (Wildman–Crippen LogP) is 3.39. The maximum atomic E-state index is 12.9. The normalized spacial score (nSPS) is 12.2. The largest absolute Gasteiger partial charge is 0.392 e. The average Bonchev–Trinajstić information content (AvgIpc) is 2.56. The van der Waals surface area contributed by atoms with Crippen molar-refractivity contribution < 1.29 is 13.5 Å². The van der Waals surface area contributed by atoms with Crippen molar-refractivity contribution in [3.05, 3.63) is 76.8 Å². The molecule has 2 aromatic carbocycles. The lowest BCUT2D eigenvalue weighted by atomic mass is 10.2. The van der Waals surface area contributed by atoms with Gasteiger partial charge in [-0.1, -0.05) is 53.6 Å². The minimum atomic E-state index is -3.64. The van der Waals surface area contributed by atoms with Gasteiger partial charge in [-0.15, -0.1) is 0 Å². The number of nitrogens with zero attached hydrogens (tertiary/aromatic N) is 1. The Labute approximate surface area is 148 Å². The van der Waals surface area contributed by atoms with E-state index in [1.54, 1.807) is 54.6 Å². The first kappa shape index (κ1) is 18.7. The first-order valence-electron chi connectivity index (χ1n) is 7.50. The molecule has 0 heterocycles. The third kappa shape index (κ3) is 4.92. The van der Waals surface area contributed by atoms with E-state index in [4.69, 9.17) is 16.7 Å². The average molecular weight is 366 g/mol. The number of sulfonamides is 1. The molecule has 0 unspecified atom stereocenters. The minimum absolute atomic E-state index is 0.126. The van der Waals surface area contributed by atoms with Crippen LogP contribution in [0.4, 0.5) is 0 Å². The molecule has 6 heteroatoms. The second kappa shape index (κ2) is 8.44. The molecule has 0 saturated heterocycles. The summed E-state index contributed by atoms with van der Waals surface area (Å²) in [6.45, 7) is 2.19. The molecule has 4 nitrogen and oxygen atoms in total. The van der Waals surface area contributed by atoms with Crippen molar-refractivity contribution >= 4 is 21.6 Å². The van der Waals surface area contributed by atoms with Crippen LogP contribution < -0.4 is 0 Å². The molecule has 0 spiro atoms. The summed E-state index contributed by atoms with van der Waals surface area (Å²) in [5.41, 5.74) is 1.84. The van der Waals surface area contributed by atoms with Gasteiger partial charge in [0.2, 0.25) is 10.0 Å². The summed E-state index contributed by atoms with van der Waals surface area (Å²) in [6.07, 6.45) is 3.17. The number of aliphatic hydroxyl groups excluding tert-OH is 1. The minimum Gasteiger partial charge on any atom is -0.392 e. The Morgan fingerprint density at radius 3 is 2.25 bits per heavy atom. The van der Waals surface area contributed by atoms with Gasteiger partial charge in [0.1, 0.15) is 0 Å². The lowest BCUT2D eigenvalue weighted by Gasteiger charge is -2.21. The van der Waals surface area contributed by atoms with Crippen molar-refractivity contribution in [2.45, 2.75) is 18.4 Å². The Kier molecular flexibility index (Phi) is 6.57. The zero-order valence-corrected chi connectivity index (χ0v) is 15.0. The van der Waals surface area contributed by atoms with Crippen LogP contribution in [0.25, 0.3) is 0 Å². The van der Waals surface area contributed by atoms with Crippen LogP contribution in [0, 0.1) is 6.92 Å². The second-order valence-corrected chi connectivity index (χ2v) is 7.77. The molecule has 1 N–H and O–H groups in total. The third-order valence-electron chi connectivity index (χ3n) is 3.51. The lowest BCUT2D eigenvalue weighted by Crippen LogP contribution is -2.31. The zero-order valence-electron chi connectivity index (χ0n) is 13.4. The lowest BCUT2D eigenvalue weighted by molar-refractivity contribution is 0.341. The fourth-order valence-corrected chi connectivity index (χ4v) is 3.67. The van der Waals surface area contributed by atoms with Crippen LogP contribution in [0.2, 0.25) is 5.02 Å². The standard InChI is InChI=1S/C18H20ClNO3S/c1-15-4-10-18(11-5-15)24(22,23)20(12-2-3-13-21)14-16-6-8-17(19)9-7-16/h2-11,21H,12-14H2,1H3/b3-2-. The smallest absolute Gasteiger partial charge is 0.243 e. The topological polar surface area (TPSA) is 57.6 Å². The van der Waals surface area contributed by atoms with Crippen LogP contribution in [0.15, 0.2) is 65.6 Å². The van der Waals surface area contributed by atoms with E-state index in [2.05, 4.69) is 0 Å². The van der Waals surface area contributed by atoms with Crippen molar-refractivity contribution in [1.29, 1.82) is 0 Å². The molecule has 0 aliphatic carbocycles. The summed E-state index contributed by atoms with van der Waals surface area (Å²) in [5.74, 6) is 0. The Morgan fingerprint density at radius 1 is 1.04 bits per heavy atom. The number of halogens is 1. The summed E-state index contributed by atoms with van der Waals surface area (Å²) in [5, 5.41) is 9.48. The monoisotopic (exact) mass is 365 g/mol. The van der Waals surface area contributed by atoms with Gasteiger partial charge < -0.3 is 5.11 Å². The number of aliphatic hydroxyl groups is 1. The van der Waals surface area contributed by atoms with E-state index in [9.17, 15) is 8.42 Å². The highest BCUT2D eigenvalue weighted by Crippen LogP contribution is 2.20. The highest BCUT2D eigenvalue weighted by atomic mass is 35.5. The molecule has 128 valence electrons. The molecule has 0 atom stereocenters. The summed E-state index contributed by atoms with van der Waals surface area (Å²) in [4.78, 5) is 0.250. The van der Waals surface area contributed by atoms with E-state index < -0.39 is 10.0 Å². The number of aryl methyl sites for hydroxylation is 1. The second-order valence-electron chi connectivity index (χ2n) is 5.39. The van der Waals surface area contributed by atoms with Crippen LogP contribution in [0.3, 0.4) is 0 Å². The van der Waals surface area contributed by atoms with Crippen LogP contribution in [0.1, 0.15) is 11.1 Å². The summed E-state index contributed by atoms with van der Waals surface area (Å²) in [7, 11) is -3.64. The third-order valence-corrected chi connectivity index (χ3v) is 5.59. The fourth-order valence-electron chi connectivity index (χ4n) is 2.17. The van der Waals surface area contributed by atoms with E-state index in [1.165, 1.54) is 10.4 Å². The number of rotatable bonds is 7. The van der Waals surface area contributed by atoms with Crippen LogP contribution in [-0.4, -0.2) is 31.0 Å². The number of hydrogen-bond donors (Lipinski definition) is 1. The van der Waals surface area contributed by atoms with E-state index in [0.717, 1.165) is 11.1 Å². The van der Waals surface area contributed by atoms with Crippen LogP contribution in [-0.2, 0) is 16.6 Å². The summed E-state index contributed by atoms with van der Waals surface area (Å²) in [6, 6.07) is 13.8. The van der Waals surface area contributed by atoms with Gasteiger partial charge in [0.25, 0.3) is 0 Å². The van der Waals surface area contributed by atoms with Crippen molar-refractivity contribution in [3.63, 3.8) is 0 Å². The van der Waals surface area contributed by atoms with Gasteiger partial charge in [0.05, 0.1) is 11.5 Å². The first-order valence-corrected chi connectivity index (χ1v) is 9.32. The number of hydrogen-bond acceptors (Lipinski definition) is 3. The van der Waals surface area contributed by atoms with Gasteiger partial charge >= 0.3 is 0 Å².